The minimum Gasteiger partial charge on any atom is -0.192 e. The molecule has 0 unspecified atom stereocenters. The van der Waals surface area contributed by atoms with Crippen LogP contribution in [0.4, 0.5) is 0 Å². The van der Waals surface area contributed by atoms with Crippen molar-refractivity contribution in [3.63, 3.8) is 0 Å². The number of hydrogen-bond acceptors (Lipinski definition) is 2. The Morgan fingerprint density at radius 3 is 2.42 bits per heavy atom. The number of nitrogens with zero attached hydrogens (tertiary/aromatic N) is 2. The molecule has 0 heterocycles. The van der Waals surface area contributed by atoms with E-state index in [0.29, 0.717) is 11.1 Å². The van der Waals surface area contributed by atoms with Crippen LogP contribution in [0.15, 0.2) is 53.0 Å². The summed E-state index contributed by atoms with van der Waals surface area (Å²) in [7, 11) is 0. The summed E-state index contributed by atoms with van der Waals surface area (Å²) >= 11 is 3.37. The van der Waals surface area contributed by atoms with Gasteiger partial charge < -0.3 is 0 Å². The molecule has 90 valence electrons. The van der Waals surface area contributed by atoms with Crippen LogP contribution in [-0.4, -0.2) is 0 Å². The second-order valence-corrected chi connectivity index (χ2v) is 4.83. The Morgan fingerprint density at radius 2 is 1.79 bits per heavy atom. The van der Waals surface area contributed by atoms with Gasteiger partial charge in [-0.2, -0.15) is 10.5 Å². The zero-order chi connectivity index (χ0) is 13.7. The van der Waals surface area contributed by atoms with Crippen LogP contribution >= 0.6 is 15.9 Å². The average Bonchev–Trinajstić information content (AvgIpc) is 2.46. The SMILES string of the molecule is N#C/C(=C/c1ccc(Br)cc1)c1cccc(C#N)c1. The van der Waals surface area contributed by atoms with E-state index in [2.05, 4.69) is 28.1 Å². The van der Waals surface area contributed by atoms with Crippen molar-refractivity contribution in [1.29, 1.82) is 10.5 Å². The predicted molar refractivity (Wildman–Crippen MR) is 78.8 cm³/mol. The van der Waals surface area contributed by atoms with E-state index in [9.17, 15) is 5.26 Å². The fourth-order valence-electron chi connectivity index (χ4n) is 1.66. The molecule has 0 saturated carbocycles. The van der Waals surface area contributed by atoms with Gasteiger partial charge in [0.2, 0.25) is 0 Å². The van der Waals surface area contributed by atoms with E-state index in [1.807, 2.05) is 36.4 Å². The first-order chi connectivity index (χ1) is 9.22. The molecule has 19 heavy (non-hydrogen) atoms. The largest absolute Gasteiger partial charge is 0.192 e. The lowest BCUT2D eigenvalue weighted by Crippen LogP contribution is -1.84. The Morgan fingerprint density at radius 1 is 1.05 bits per heavy atom. The minimum atomic E-state index is 0.541. The molecule has 0 fully saturated rings. The smallest absolute Gasteiger partial charge is 0.0998 e. The molecule has 2 aromatic carbocycles. The molecule has 0 radical (unpaired) electrons. The fourth-order valence-corrected chi connectivity index (χ4v) is 1.93. The lowest BCUT2D eigenvalue weighted by atomic mass is 10.0. The Balaban J connectivity index is 2.42. The summed E-state index contributed by atoms with van der Waals surface area (Å²) in [6.07, 6.45) is 1.81. The van der Waals surface area contributed by atoms with Gasteiger partial charge in [-0.05, 0) is 41.5 Å². The molecule has 2 nitrogen and oxygen atoms in total. The van der Waals surface area contributed by atoms with E-state index in [4.69, 9.17) is 5.26 Å². The lowest BCUT2D eigenvalue weighted by molar-refractivity contribution is 1.47. The van der Waals surface area contributed by atoms with E-state index in [-0.39, 0.29) is 0 Å². The molecular weight excluding hydrogens is 300 g/mol. The van der Waals surface area contributed by atoms with Crippen LogP contribution in [0, 0.1) is 22.7 Å². The molecule has 2 rings (SSSR count). The number of halogens is 1. The van der Waals surface area contributed by atoms with Crippen molar-refractivity contribution >= 4 is 27.6 Å². The fraction of sp³-hybridized carbons (Fsp3) is 0. The third-order valence-corrected chi connectivity index (χ3v) is 3.13. The topological polar surface area (TPSA) is 47.6 Å². The predicted octanol–water partition coefficient (Wildman–Crippen LogP) is 4.38. The minimum absolute atomic E-state index is 0.541. The molecule has 0 spiro atoms. The van der Waals surface area contributed by atoms with Crippen molar-refractivity contribution in [3.05, 3.63) is 69.7 Å². The summed E-state index contributed by atoms with van der Waals surface area (Å²) in [6, 6.07) is 19.0. The molecule has 0 aliphatic rings. The standard InChI is InChI=1S/C16H9BrN2/c17-16-6-4-12(5-7-16)8-15(11-19)14-3-1-2-13(9-14)10-18/h1-9H/b15-8-. The van der Waals surface area contributed by atoms with E-state index >= 15 is 0 Å². The zero-order valence-electron chi connectivity index (χ0n) is 9.97. The third kappa shape index (κ3) is 3.31. The molecule has 0 bridgehead atoms. The van der Waals surface area contributed by atoms with E-state index in [1.165, 1.54) is 0 Å². The number of rotatable bonds is 2. The van der Waals surface area contributed by atoms with Gasteiger partial charge in [-0.25, -0.2) is 0 Å². The number of allylic oxidation sites excluding steroid dienone is 1. The van der Waals surface area contributed by atoms with E-state index < -0.39 is 0 Å². The van der Waals surface area contributed by atoms with Crippen LogP contribution in [0.5, 0.6) is 0 Å². The molecular formula is C16H9BrN2. The van der Waals surface area contributed by atoms with Crippen LogP contribution in [0.3, 0.4) is 0 Å². The monoisotopic (exact) mass is 308 g/mol. The summed E-state index contributed by atoms with van der Waals surface area (Å²) in [5.74, 6) is 0. The highest BCUT2D eigenvalue weighted by Crippen LogP contribution is 2.20. The molecule has 0 N–H and O–H groups in total. The first-order valence-corrected chi connectivity index (χ1v) is 6.40. The van der Waals surface area contributed by atoms with Crippen LogP contribution < -0.4 is 0 Å². The van der Waals surface area contributed by atoms with Gasteiger partial charge in [0.1, 0.15) is 0 Å². The quantitative estimate of drug-likeness (QED) is 0.610. The molecule has 0 atom stereocenters. The number of benzene rings is 2. The Bertz CT molecular complexity index is 701. The van der Waals surface area contributed by atoms with Gasteiger partial charge in [0, 0.05) is 4.47 Å². The van der Waals surface area contributed by atoms with Crippen LogP contribution in [0.25, 0.3) is 11.6 Å². The van der Waals surface area contributed by atoms with Gasteiger partial charge in [0.15, 0.2) is 0 Å². The molecule has 0 aliphatic carbocycles. The Labute approximate surface area is 120 Å². The Hall–Kier alpha value is -2.36. The molecule has 0 amide bonds. The summed E-state index contributed by atoms with van der Waals surface area (Å²) in [4.78, 5) is 0. The molecule has 3 heteroatoms. The maximum Gasteiger partial charge on any atom is 0.0998 e. The van der Waals surface area contributed by atoms with Crippen molar-refractivity contribution in [2.75, 3.05) is 0 Å². The van der Waals surface area contributed by atoms with Gasteiger partial charge >= 0.3 is 0 Å². The van der Waals surface area contributed by atoms with Crippen molar-refractivity contribution < 1.29 is 0 Å². The Kier molecular flexibility index (Phi) is 4.13. The van der Waals surface area contributed by atoms with Crippen molar-refractivity contribution in [3.8, 4) is 12.1 Å². The van der Waals surface area contributed by atoms with Gasteiger partial charge in [-0.15, -0.1) is 0 Å². The van der Waals surface area contributed by atoms with E-state index in [1.54, 1.807) is 18.2 Å². The first kappa shape index (κ1) is 13.1. The third-order valence-electron chi connectivity index (χ3n) is 2.60. The second-order valence-electron chi connectivity index (χ2n) is 3.91. The second kappa shape index (κ2) is 6.00. The van der Waals surface area contributed by atoms with Crippen molar-refractivity contribution in [2.24, 2.45) is 0 Å². The molecule has 0 aromatic heterocycles. The van der Waals surface area contributed by atoms with Crippen LogP contribution in [0.1, 0.15) is 16.7 Å². The van der Waals surface area contributed by atoms with Crippen LogP contribution in [-0.2, 0) is 0 Å². The van der Waals surface area contributed by atoms with Gasteiger partial charge in [-0.3, -0.25) is 0 Å². The van der Waals surface area contributed by atoms with Gasteiger partial charge in [0.25, 0.3) is 0 Å². The van der Waals surface area contributed by atoms with E-state index in [0.717, 1.165) is 15.6 Å². The van der Waals surface area contributed by atoms with Crippen molar-refractivity contribution in [1.82, 2.24) is 0 Å². The first-order valence-electron chi connectivity index (χ1n) is 5.61. The van der Waals surface area contributed by atoms with Gasteiger partial charge in [-0.1, -0.05) is 40.2 Å². The normalized spacial score (nSPS) is 10.6. The van der Waals surface area contributed by atoms with Crippen LogP contribution in [0.2, 0.25) is 0 Å². The highest BCUT2D eigenvalue weighted by molar-refractivity contribution is 9.10. The average molecular weight is 309 g/mol. The molecule has 0 saturated heterocycles. The highest BCUT2D eigenvalue weighted by Gasteiger charge is 2.02. The van der Waals surface area contributed by atoms with Crippen molar-refractivity contribution in [2.45, 2.75) is 0 Å². The maximum atomic E-state index is 9.25. The summed E-state index contributed by atoms with van der Waals surface area (Å²) in [5, 5.41) is 18.1. The zero-order valence-corrected chi connectivity index (χ0v) is 11.6. The summed E-state index contributed by atoms with van der Waals surface area (Å²) in [6.45, 7) is 0. The molecule has 0 aliphatic heterocycles. The molecule has 2 aromatic rings. The number of nitriles is 2. The maximum absolute atomic E-state index is 9.25. The van der Waals surface area contributed by atoms with Gasteiger partial charge in [0.05, 0.1) is 23.3 Å². The summed E-state index contributed by atoms with van der Waals surface area (Å²) in [5.41, 5.74) is 2.79. The lowest BCUT2D eigenvalue weighted by Gasteiger charge is -2.00. The summed E-state index contributed by atoms with van der Waals surface area (Å²) < 4.78 is 0.995. The highest BCUT2D eigenvalue weighted by atomic mass is 79.9. The number of hydrogen-bond donors (Lipinski definition) is 0.